The van der Waals surface area contributed by atoms with E-state index in [0.717, 1.165) is 0 Å². The third-order valence-electron chi connectivity index (χ3n) is 3.41. The van der Waals surface area contributed by atoms with Gasteiger partial charge in [-0.3, -0.25) is 9.09 Å². The number of nitrogen functional groups attached to an aromatic ring is 1. The van der Waals surface area contributed by atoms with Gasteiger partial charge in [0.05, 0.1) is 12.9 Å². The van der Waals surface area contributed by atoms with E-state index in [1.54, 1.807) is 0 Å². The van der Waals surface area contributed by atoms with E-state index in [0.29, 0.717) is 0 Å². The van der Waals surface area contributed by atoms with Crippen LogP contribution in [0.15, 0.2) is 12.7 Å². The molecule has 1 saturated heterocycles. The fourth-order valence-electron chi connectivity index (χ4n) is 2.42. The Bertz CT molecular complexity index is 763. The average molecular weight is 347 g/mol. The summed E-state index contributed by atoms with van der Waals surface area (Å²) in [6, 6.07) is 0. The quantitative estimate of drug-likeness (QED) is 0.390. The minimum Gasteiger partial charge on any atom is -0.394 e. The number of phosphoric ester groups is 1. The molecule has 6 N–H and O–H groups in total. The van der Waals surface area contributed by atoms with Crippen LogP contribution in [-0.4, -0.2) is 64.4 Å². The number of aliphatic hydroxyl groups excluding tert-OH is 2. The van der Waals surface area contributed by atoms with Gasteiger partial charge in [0.15, 0.2) is 17.7 Å². The SMILES string of the molecule is Nc1ncnc2c1ncn2[C@H]1O[C@H](CO)[C@@H](O)[C@@H]1OP(=O)(O)O. The molecule has 2 aromatic heterocycles. The van der Waals surface area contributed by atoms with Crippen LogP contribution in [0.3, 0.4) is 0 Å². The number of rotatable bonds is 4. The number of hydrogen-bond donors (Lipinski definition) is 5. The Hall–Kier alpha value is -1.66. The Kier molecular flexibility index (Phi) is 4.06. The highest BCUT2D eigenvalue weighted by atomic mass is 31.2. The molecule has 1 aliphatic rings. The molecule has 4 atom stereocenters. The Morgan fingerprint density at radius 1 is 1.39 bits per heavy atom. The number of phosphoric acid groups is 1. The maximum Gasteiger partial charge on any atom is 0.470 e. The Morgan fingerprint density at radius 3 is 2.78 bits per heavy atom. The van der Waals surface area contributed by atoms with E-state index in [4.69, 9.17) is 20.3 Å². The molecule has 3 rings (SSSR count). The van der Waals surface area contributed by atoms with Gasteiger partial charge in [-0.05, 0) is 0 Å². The summed E-state index contributed by atoms with van der Waals surface area (Å²) in [6.45, 7) is -0.567. The van der Waals surface area contributed by atoms with Gasteiger partial charge in [-0.25, -0.2) is 19.5 Å². The largest absolute Gasteiger partial charge is 0.470 e. The highest BCUT2D eigenvalue weighted by Gasteiger charge is 2.48. The van der Waals surface area contributed by atoms with E-state index >= 15 is 0 Å². The van der Waals surface area contributed by atoms with Gasteiger partial charge < -0.3 is 30.5 Å². The number of imidazole rings is 1. The van der Waals surface area contributed by atoms with Gasteiger partial charge in [0, 0.05) is 0 Å². The molecule has 0 radical (unpaired) electrons. The minimum absolute atomic E-state index is 0.110. The third kappa shape index (κ3) is 2.93. The van der Waals surface area contributed by atoms with Crippen LogP contribution in [0.25, 0.3) is 11.2 Å². The Morgan fingerprint density at radius 2 is 2.13 bits per heavy atom. The first kappa shape index (κ1) is 16.2. The fraction of sp³-hybridized carbons (Fsp3) is 0.500. The zero-order valence-electron chi connectivity index (χ0n) is 11.5. The zero-order valence-corrected chi connectivity index (χ0v) is 12.4. The Balaban J connectivity index is 2.04. The smallest absolute Gasteiger partial charge is 0.394 e. The first-order chi connectivity index (χ1) is 10.8. The number of aromatic nitrogens is 4. The number of aliphatic hydroxyl groups is 2. The van der Waals surface area contributed by atoms with Gasteiger partial charge >= 0.3 is 7.82 Å². The van der Waals surface area contributed by atoms with Crippen molar-refractivity contribution in [3.63, 3.8) is 0 Å². The number of fused-ring (bicyclic) bond motifs is 1. The molecule has 13 heteroatoms. The first-order valence-corrected chi connectivity index (χ1v) is 7.96. The number of hydrogen-bond acceptors (Lipinski definition) is 9. The standard InChI is InChI=1S/C10H14N5O7P/c11-8-5-9(13-2-12-8)15(3-14-5)10-7(22-23(18,19)20)6(17)4(1-16)21-10/h2-4,6-7,10,16-17H,1H2,(H2,11,12,13)(H2,18,19,20)/t4-,6-,7+,10+/m1/s1. The number of anilines is 1. The van der Waals surface area contributed by atoms with Gasteiger partial charge in [0.2, 0.25) is 0 Å². The van der Waals surface area contributed by atoms with Crippen LogP contribution < -0.4 is 5.73 Å². The van der Waals surface area contributed by atoms with Crippen molar-refractivity contribution in [2.24, 2.45) is 0 Å². The summed E-state index contributed by atoms with van der Waals surface area (Å²) in [5, 5.41) is 19.3. The molecule has 12 nitrogen and oxygen atoms in total. The summed E-state index contributed by atoms with van der Waals surface area (Å²) >= 11 is 0. The summed E-state index contributed by atoms with van der Waals surface area (Å²) in [4.78, 5) is 29.8. The van der Waals surface area contributed by atoms with Gasteiger partial charge in [0.25, 0.3) is 0 Å². The van der Waals surface area contributed by atoms with Crippen molar-refractivity contribution >= 4 is 24.8 Å². The molecule has 23 heavy (non-hydrogen) atoms. The lowest BCUT2D eigenvalue weighted by molar-refractivity contribution is -0.0505. The minimum atomic E-state index is -4.91. The van der Waals surface area contributed by atoms with Crippen molar-refractivity contribution < 1.29 is 33.8 Å². The predicted molar refractivity (Wildman–Crippen MR) is 73.7 cm³/mol. The molecule has 0 spiro atoms. The monoisotopic (exact) mass is 347 g/mol. The lowest BCUT2D eigenvalue weighted by atomic mass is 10.1. The van der Waals surface area contributed by atoms with Crippen LogP contribution in [-0.2, 0) is 13.8 Å². The number of ether oxygens (including phenoxy) is 1. The second-order valence-electron chi connectivity index (χ2n) is 4.88. The summed E-state index contributed by atoms with van der Waals surface area (Å²) in [5.41, 5.74) is 6.16. The maximum atomic E-state index is 11.1. The molecular formula is C10H14N5O7P. The summed E-state index contributed by atoms with van der Waals surface area (Å²) in [6.07, 6.45) is -2.72. The van der Waals surface area contributed by atoms with Crippen LogP contribution in [0.2, 0.25) is 0 Å². The topological polar surface area (TPSA) is 186 Å². The fourth-order valence-corrected chi connectivity index (χ4v) is 2.97. The number of nitrogens with two attached hydrogens (primary N) is 1. The molecule has 126 valence electrons. The summed E-state index contributed by atoms with van der Waals surface area (Å²) in [5.74, 6) is 0.110. The second kappa shape index (κ2) is 5.76. The molecule has 0 aliphatic carbocycles. The van der Waals surface area contributed by atoms with Crippen LogP contribution >= 0.6 is 7.82 Å². The molecule has 0 unspecified atom stereocenters. The molecule has 1 fully saturated rings. The lowest BCUT2D eigenvalue weighted by Crippen LogP contribution is -2.34. The van der Waals surface area contributed by atoms with Crippen molar-refractivity contribution in [2.75, 3.05) is 12.3 Å². The van der Waals surface area contributed by atoms with Crippen molar-refractivity contribution in [2.45, 2.75) is 24.5 Å². The van der Waals surface area contributed by atoms with E-state index < -0.39 is 39.0 Å². The molecular weight excluding hydrogens is 333 g/mol. The molecule has 2 aromatic rings. The third-order valence-corrected chi connectivity index (χ3v) is 3.93. The molecule has 0 amide bonds. The van der Waals surface area contributed by atoms with Gasteiger partial charge in [-0.2, -0.15) is 0 Å². The van der Waals surface area contributed by atoms with Gasteiger partial charge in [-0.1, -0.05) is 0 Å². The lowest BCUT2D eigenvalue weighted by Gasteiger charge is -2.21. The highest BCUT2D eigenvalue weighted by Crippen LogP contribution is 2.45. The summed E-state index contributed by atoms with van der Waals surface area (Å²) < 4.78 is 22.5. The predicted octanol–water partition coefficient (Wildman–Crippen LogP) is -1.86. The van der Waals surface area contributed by atoms with E-state index in [9.17, 15) is 14.8 Å². The summed E-state index contributed by atoms with van der Waals surface area (Å²) in [7, 11) is -4.91. The molecule has 0 bridgehead atoms. The molecule has 3 heterocycles. The van der Waals surface area contributed by atoms with Gasteiger partial charge in [-0.15, -0.1) is 0 Å². The van der Waals surface area contributed by atoms with Crippen molar-refractivity contribution in [3.8, 4) is 0 Å². The Labute approximate surface area is 128 Å². The highest BCUT2D eigenvalue weighted by molar-refractivity contribution is 7.46. The molecule has 0 aromatic carbocycles. The van der Waals surface area contributed by atoms with E-state index in [-0.39, 0.29) is 17.0 Å². The van der Waals surface area contributed by atoms with Crippen molar-refractivity contribution in [1.29, 1.82) is 0 Å². The molecule has 0 saturated carbocycles. The molecule has 1 aliphatic heterocycles. The van der Waals surface area contributed by atoms with E-state index in [2.05, 4.69) is 19.5 Å². The van der Waals surface area contributed by atoms with Crippen LogP contribution in [0.4, 0.5) is 5.82 Å². The van der Waals surface area contributed by atoms with Crippen LogP contribution in [0.1, 0.15) is 6.23 Å². The average Bonchev–Trinajstić information content (AvgIpc) is 3.01. The van der Waals surface area contributed by atoms with Crippen molar-refractivity contribution in [3.05, 3.63) is 12.7 Å². The second-order valence-corrected chi connectivity index (χ2v) is 6.07. The van der Waals surface area contributed by atoms with Crippen LogP contribution in [0, 0.1) is 0 Å². The van der Waals surface area contributed by atoms with Crippen LogP contribution in [0.5, 0.6) is 0 Å². The van der Waals surface area contributed by atoms with Crippen molar-refractivity contribution in [1.82, 2.24) is 19.5 Å². The zero-order chi connectivity index (χ0) is 16.8. The normalized spacial score (nSPS) is 28.5. The first-order valence-electron chi connectivity index (χ1n) is 6.43. The number of nitrogens with zero attached hydrogens (tertiary/aromatic N) is 4. The maximum absolute atomic E-state index is 11.1. The van der Waals surface area contributed by atoms with Gasteiger partial charge in [0.1, 0.15) is 30.2 Å². The van der Waals surface area contributed by atoms with E-state index in [1.165, 1.54) is 17.2 Å². The van der Waals surface area contributed by atoms with E-state index in [1.807, 2.05) is 0 Å².